The summed E-state index contributed by atoms with van der Waals surface area (Å²) in [6.07, 6.45) is 11.4. The number of aliphatic hydroxyl groups is 1. The minimum absolute atomic E-state index is 0.0222. The smallest absolute Gasteiger partial charge is 0.305 e. The van der Waals surface area contributed by atoms with Gasteiger partial charge in [0.1, 0.15) is 5.78 Å². The number of rotatable bonds is 5. The molecule has 4 aliphatic rings. The van der Waals surface area contributed by atoms with Gasteiger partial charge in [-0.25, -0.2) is 0 Å². The third-order valence-electron chi connectivity index (χ3n) is 10.5. The molecule has 10 atom stereocenters. The first kappa shape index (κ1) is 23.0. The van der Waals surface area contributed by atoms with Crippen molar-refractivity contribution in [2.24, 2.45) is 52.3 Å². The number of allylic oxidation sites excluding steroid dienone is 1. The first-order valence-electron chi connectivity index (χ1n) is 12.6. The predicted octanol–water partition coefficient (Wildman–Crippen LogP) is 5.19. The fourth-order valence-electron chi connectivity index (χ4n) is 8.82. The van der Waals surface area contributed by atoms with E-state index in [-0.39, 0.29) is 34.6 Å². The molecule has 0 radical (unpaired) electrons. The van der Waals surface area contributed by atoms with Crippen LogP contribution in [0.2, 0.25) is 0 Å². The summed E-state index contributed by atoms with van der Waals surface area (Å²) < 4.78 is 4.87. The third kappa shape index (κ3) is 3.52. The quantitative estimate of drug-likeness (QED) is 0.482. The van der Waals surface area contributed by atoms with Crippen LogP contribution in [0.5, 0.6) is 0 Å². The molecular weight excluding hydrogens is 388 g/mol. The maximum atomic E-state index is 13.9. The van der Waals surface area contributed by atoms with Crippen molar-refractivity contribution in [2.45, 2.75) is 85.2 Å². The molecule has 0 aromatic carbocycles. The molecule has 0 saturated heterocycles. The van der Waals surface area contributed by atoms with Crippen LogP contribution in [0, 0.1) is 52.3 Å². The van der Waals surface area contributed by atoms with Gasteiger partial charge in [-0.05, 0) is 85.4 Å². The first-order chi connectivity index (χ1) is 14.7. The van der Waals surface area contributed by atoms with Crippen LogP contribution in [0.25, 0.3) is 0 Å². The SMILES string of the molecule is CC[C@H]1C(=O)C2C3CC[C@H]([C@H](C)CCC(=O)OC)[C@@]3(C)CCC2[C@@]2(C)C=C[C@H](O)C[C@@H]12. The van der Waals surface area contributed by atoms with E-state index in [1.807, 2.05) is 6.08 Å². The molecular formula is C27H42O4. The number of aliphatic hydroxyl groups excluding tert-OH is 1. The molecule has 3 fully saturated rings. The van der Waals surface area contributed by atoms with Crippen molar-refractivity contribution in [1.29, 1.82) is 0 Å². The van der Waals surface area contributed by atoms with Crippen molar-refractivity contribution >= 4 is 11.8 Å². The Hall–Kier alpha value is -1.16. The Morgan fingerprint density at radius 1 is 1.23 bits per heavy atom. The summed E-state index contributed by atoms with van der Waals surface area (Å²) in [6, 6.07) is 0. The van der Waals surface area contributed by atoms with Crippen LogP contribution < -0.4 is 0 Å². The number of ether oxygens (including phenoxy) is 1. The van der Waals surface area contributed by atoms with Crippen molar-refractivity contribution in [1.82, 2.24) is 0 Å². The Labute approximate surface area is 188 Å². The van der Waals surface area contributed by atoms with Gasteiger partial charge in [0.25, 0.3) is 0 Å². The Balaban J connectivity index is 1.61. The molecule has 0 bridgehead atoms. The Morgan fingerprint density at radius 2 is 1.97 bits per heavy atom. The fourth-order valence-corrected chi connectivity index (χ4v) is 8.82. The standard InChI is InChI=1S/C27H42O4/c1-6-18-22-15-17(28)11-13-27(22,4)21-12-14-26(3)19(16(2)7-10-23(29)31-5)8-9-20(26)24(21)25(18)30/h11,13,16-22,24,28H,6-10,12,14-15H2,1-5H3/t16-,17+,18-,19-,20?,21?,22+,24?,26-,27-/m1/s1. The summed E-state index contributed by atoms with van der Waals surface area (Å²) >= 11 is 0. The van der Waals surface area contributed by atoms with Crippen molar-refractivity contribution in [3.05, 3.63) is 12.2 Å². The van der Waals surface area contributed by atoms with Crippen LogP contribution in [-0.2, 0) is 14.3 Å². The molecule has 31 heavy (non-hydrogen) atoms. The van der Waals surface area contributed by atoms with Crippen LogP contribution in [0.15, 0.2) is 12.2 Å². The lowest BCUT2D eigenvalue weighted by Crippen LogP contribution is -2.59. The molecule has 174 valence electrons. The van der Waals surface area contributed by atoms with Gasteiger partial charge in [-0.3, -0.25) is 9.59 Å². The monoisotopic (exact) mass is 430 g/mol. The third-order valence-corrected chi connectivity index (χ3v) is 10.5. The molecule has 4 aliphatic carbocycles. The topological polar surface area (TPSA) is 63.6 Å². The average Bonchev–Trinajstić information content (AvgIpc) is 3.10. The second-order valence-corrected chi connectivity index (χ2v) is 11.6. The number of fused-ring (bicyclic) bond motifs is 5. The summed E-state index contributed by atoms with van der Waals surface area (Å²) in [6.45, 7) is 9.28. The summed E-state index contributed by atoms with van der Waals surface area (Å²) in [4.78, 5) is 25.6. The van der Waals surface area contributed by atoms with Gasteiger partial charge < -0.3 is 9.84 Å². The number of hydrogen-bond acceptors (Lipinski definition) is 4. The van der Waals surface area contributed by atoms with E-state index in [1.54, 1.807) is 0 Å². The van der Waals surface area contributed by atoms with Gasteiger partial charge in [0.15, 0.2) is 0 Å². The van der Waals surface area contributed by atoms with Crippen molar-refractivity contribution in [3.63, 3.8) is 0 Å². The number of hydrogen-bond donors (Lipinski definition) is 1. The average molecular weight is 431 g/mol. The van der Waals surface area contributed by atoms with Crippen LogP contribution in [0.4, 0.5) is 0 Å². The molecule has 3 unspecified atom stereocenters. The minimum Gasteiger partial charge on any atom is -0.469 e. The first-order valence-corrected chi connectivity index (χ1v) is 12.6. The molecule has 1 N–H and O–H groups in total. The van der Waals surface area contributed by atoms with E-state index in [4.69, 9.17) is 4.74 Å². The van der Waals surface area contributed by atoms with Gasteiger partial charge in [-0.2, -0.15) is 0 Å². The molecule has 0 aliphatic heterocycles. The van der Waals surface area contributed by atoms with E-state index in [0.717, 1.165) is 32.1 Å². The highest BCUT2D eigenvalue weighted by molar-refractivity contribution is 5.86. The molecule has 0 aromatic heterocycles. The molecule has 4 nitrogen and oxygen atoms in total. The molecule has 3 saturated carbocycles. The van der Waals surface area contributed by atoms with E-state index in [9.17, 15) is 14.7 Å². The molecule has 0 amide bonds. The lowest BCUT2D eigenvalue weighted by Gasteiger charge is -2.60. The van der Waals surface area contributed by atoms with Gasteiger partial charge >= 0.3 is 5.97 Å². The minimum atomic E-state index is -0.406. The van der Waals surface area contributed by atoms with Gasteiger partial charge in [0, 0.05) is 18.3 Å². The Kier molecular flexibility index (Phi) is 6.17. The Bertz CT molecular complexity index is 744. The highest BCUT2D eigenvalue weighted by Crippen LogP contribution is 2.67. The number of methoxy groups -OCH3 is 1. The largest absolute Gasteiger partial charge is 0.469 e. The lowest BCUT2D eigenvalue weighted by atomic mass is 9.43. The van der Waals surface area contributed by atoms with Crippen LogP contribution in [0.1, 0.15) is 79.1 Å². The maximum Gasteiger partial charge on any atom is 0.305 e. The van der Waals surface area contributed by atoms with E-state index >= 15 is 0 Å². The summed E-state index contributed by atoms with van der Waals surface area (Å²) in [5.41, 5.74) is 0.208. The zero-order valence-corrected chi connectivity index (χ0v) is 20.1. The number of Topliss-reactive ketones (excluding diaryl/α,β-unsaturated/α-hetero) is 1. The number of carbonyl (C=O) groups is 2. The molecule has 0 aromatic rings. The van der Waals surface area contributed by atoms with Crippen LogP contribution in [-0.4, -0.2) is 30.1 Å². The highest BCUT2D eigenvalue weighted by atomic mass is 16.5. The normalized spacial score (nSPS) is 47.3. The Morgan fingerprint density at radius 3 is 2.65 bits per heavy atom. The van der Waals surface area contributed by atoms with Crippen LogP contribution >= 0.6 is 0 Å². The second-order valence-electron chi connectivity index (χ2n) is 11.6. The number of ketones is 1. The summed E-state index contributed by atoms with van der Waals surface area (Å²) in [5, 5.41) is 10.3. The van der Waals surface area contributed by atoms with Gasteiger partial charge in [0.2, 0.25) is 0 Å². The number of esters is 1. The molecule has 4 heteroatoms. The summed E-state index contributed by atoms with van der Waals surface area (Å²) in [7, 11) is 1.46. The van der Waals surface area contributed by atoms with Crippen molar-refractivity contribution in [3.8, 4) is 0 Å². The number of carbonyl (C=O) groups excluding carboxylic acids is 2. The maximum absolute atomic E-state index is 13.9. The second kappa shape index (κ2) is 8.32. The van der Waals surface area contributed by atoms with E-state index in [0.29, 0.717) is 35.9 Å². The van der Waals surface area contributed by atoms with Gasteiger partial charge in [-0.1, -0.05) is 39.8 Å². The zero-order chi connectivity index (χ0) is 22.6. The van der Waals surface area contributed by atoms with Crippen molar-refractivity contribution in [2.75, 3.05) is 7.11 Å². The predicted molar refractivity (Wildman–Crippen MR) is 121 cm³/mol. The van der Waals surface area contributed by atoms with E-state index < -0.39 is 6.10 Å². The van der Waals surface area contributed by atoms with E-state index in [2.05, 4.69) is 33.8 Å². The fraction of sp³-hybridized carbons (Fsp3) is 0.852. The molecule has 0 spiro atoms. The van der Waals surface area contributed by atoms with Gasteiger partial charge in [-0.15, -0.1) is 0 Å². The molecule has 4 rings (SSSR count). The molecule has 0 heterocycles. The highest BCUT2D eigenvalue weighted by Gasteiger charge is 2.64. The zero-order valence-electron chi connectivity index (χ0n) is 20.1. The lowest BCUT2D eigenvalue weighted by molar-refractivity contribution is -0.160. The van der Waals surface area contributed by atoms with E-state index in [1.165, 1.54) is 20.0 Å². The summed E-state index contributed by atoms with van der Waals surface area (Å²) in [5.74, 6) is 2.78. The van der Waals surface area contributed by atoms with Crippen molar-refractivity contribution < 1.29 is 19.4 Å². The van der Waals surface area contributed by atoms with Crippen LogP contribution in [0.3, 0.4) is 0 Å². The van der Waals surface area contributed by atoms with Gasteiger partial charge in [0.05, 0.1) is 13.2 Å².